The molecule has 31 heavy (non-hydrogen) atoms. The van der Waals surface area contributed by atoms with Crippen LogP contribution in [-0.4, -0.2) is 57.6 Å². The Labute approximate surface area is 188 Å². The number of halogens is 3. The second kappa shape index (κ2) is 9.08. The predicted octanol–water partition coefficient (Wildman–Crippen LogP) is 3.98. The highest BCUT2D eigenvalue weighted by molar-refractivity contribution is 6.33. The van der Waals surface area contributed by atoms with Gasteiger partial charge in [0, 0.05) is 37.4 Å². The largest absolute Gasteiger partial charge is 0.335 e. The lowest BCUT2D eigenvalue weighted by Gasteiger charge is -2.34. The standard InChI is InChI=1S/C22H19Cl2FN4O2/c23-19-4-2-1-3-15(19)13-29-14-16(12-26-29)21(30)27-7-9-28(10-8-27)22(31)18-6-5-17(25)11-20(18)24/h1-6,11-12,14H,7-10,13H2. The Hall–Kier alpha value is -2.90. The van der Waals surface area contributed by atoms with Crippen LogP contribution in [0.15, 0.2) is 54.9 Å². The maximum absolute atomic E-state index is 13.2. The van der Waals surface area contributed by atoms with E-state index in [-0.39, 0.29) is 22.4 Å². The number of benzene rings is 2. The Bertz CT molecular complexity index is 1130. The monoisotopic (exact) mass is 460 g/mol. The van der Waals surface area contributed by atoms with Crippen molar-refractivity contribution in [2.24, 2.45) is 0 Å². The van der Waals surface area contributed by atoms with Crippen LogP contribution < -0.4 is 0 Å². The van der Waals surface area contributed by atoms with Crippen molar-refractivity contribution in [1.29, 1.82) is 0 Å². The Morgan fingerprint density at radius 1 is 0.935 bits per heavy atom. The molecule has 1 saturated heterocycles. The van der Waals surface area contributed by atoms with Crippen molar-refractivity contribution < 1.29 is 14.0 Å². The van der Waals surface area contributed by atoms with Gasteiger partial charge in [0.1, 0.15) is 5.82 Å². The van der Waals surface area contributed by atoms with Crippen LogP contribution in [0.2, 0.25) is 10.0 Å². The second-order valence-corrected chi connectivity index (χ2v) is 8.04. The lowest BCUT2D eigenvalue weighted by atomic mass is 10.1. The first kappa shape index (κ1) is 21.3. The predicted molar refractivity (Wildman–Crippen MR) is 116 cm³/mol. The SMILES string of the molecule is O=C(c1cnn(Cc2ccccc2Cl)c1)N1CCN(C(=O)c2ccc(F)cc2Cl)CC1. The van der Waals surface area contributed by atoms with E-state index in [9.17, 15) is 14.0 Å². The van der Waals surface area contributed by atoms with Crippen LogP contribution in [0.4, 0.5) is 4.39 Å². The van der Waals surface area contributed by atoms with Crippen LogP contribution in [0, 0.1) is 5.82 Å². The number of rotatable bonds is 4. The molecule has 1 fully saturated rings. The highest BCUT2D eigenvalue weighted by atomic mass is 35.5. The molecule has 4 rings (SSSR count). The minimum atomic E-state index is -0.493. The van der Waals surface area contributed by atoms with Crippen LogP contribution >= 0.6 is 23.2 Å². The molecule has 2 aromatic carbocycles. The third kappa shape index (κ3) is 4.73. The van der Waals surface area contributed by atoms with Crippen LogP contribution in [0.1, 0.15) is 26.3 Å². The van der Waals surface area contributed by atoms with E-state index in [4.69, 9.17) is 23.2 Å². The molecular formula is C22H19Cl2FN4O2. The first-order chi connectivity index (χ1) is 14.9. The van der Waals surface area contributed by atoms with Crippen LogP contribution in [0.3, 0.4) is 0 Å². The van der Waals surface area contributed by atoms with Gasteiger partial charge in [0.2, 0.25) is 0 Å². The van der Waals surface area contributed by atoms with Crippen LogP contribution in [-0.2, 0) is 6.54 Å². The number of carbonyl (C=O) groups is 2. The summed E-state index contributed by atoms with van der Waals surface area (Å²) in [5.74, 6) is -0.908. The van der Waals surface area contributed by atoms with Gasteiger partial charge in [-0.15, -0.1) is 0 Å². The molecule has 1 aliphatic heterocycles. The van der Waals surface area contributed by atoms with Crippen molar-refractivity contribution in [2.75, 3.05) is 26.2 Å². The van der Waals surface area contributed by atoms with Crippen LogP contribution in [0.25, 0.3) is 0 Å². The summed E-state index contributed by atoms with van der Waals surface area (Å²) in [7, 11) is 0. The summed E-state index contributed by atoms with van der Waals surface area (Å²) >= 11 is 12.2. The molecule has 2 heterocycles. The van der Waals surface area contributed by atoms with Gasteiger partial charge in [-0.2, -0.15) is 5.10 Å². The van der Waals surface area contributed by atoms with Gasteiger partial charge in [-0.3, -0.25) is 14.3 Å². The lowest BCUT2D eigenvalue weighted by molar-refractivity contribution is 0.0535. The molecular weight excluding hydrogens is 442 g/mol. The van der Waals surface area contributed by atoms with Gasteiger partial charge >= 0.3 is 0 Å². The molecule has 0 atom stereocenters. The summed E-state index contributed by atoms with van der Waals surface area (Å²) in [6.45, 7) is 1.98. The minimum absolute atomic E-state index is 0.0782. The fourth-order valence-corrected chi connectivity index (χ4v) is 3.93. The summed E-state index contributed by atoms with van der Waals surface area (Å²) in [6.07, 6.45) is 3.23. The van der Waals surface area contributed by atoms with Gasteiger partial charge in [0.05, 0.1) is 28.9 Å². The van der Waals surface area contributed by atoms with E-state index in [0.717, 1.165) is 11.6 Å². The normalized spacial score (nSPS) is 14.0. The zero-order valence-electron chi connectivity index (χ0n) is 16.5. The third-order valence-electron chi connectivity index (χ3n) is 5.19. The van der Waals surface area contributed by atoms with Gasteiger partial charge < -0.3 is 9.80 Å². The van der Waals surface area contributed by atoms with Gasteiger partial charge in [-0.25, -0.2) is 4.39 Å². The molecule has 6 nitrogen and oxygen atoms in total. The molecule has 0 saturated carbocycles. The highest BCUT2D eigenvalue weighted by Crippen LogP contribution is 2.20. The number of nitrogens with zero attached hydrogens (tertiary/aromatic N) is 4. The fraction of sp³-hybridized carbons (Fsp3) is 0.227. The van der Waals surface area contributed by atoms with E-state index in [0.29, 0.717) is 43.3 Å². The van der Waals surface area contributed by atoms with Crippen LogP contribution in [0.5, 0.6) is 0 Å². The molecule has 0 N–H and O–H groups in total. The Kier molecular flexibility index (Phi) is 6.25. The van der Waals surface area contributed by atoms with Crippen molar-refractivity contribution in [2.45, 2.75) is 6.54 Å². The molecule has 0 unspecified atom stereocenters. The molecule has 0 aliphatic carbocycles. The summed E-state index contributed by atoms with van der Waals surface area (Å²) in [5.41, 5.74) is 1.65. The molecule has 3 aromatic rings. The average molecular weight is 461 g/mol. The summed E-state index contributed by atoms with van der Waals surface area (Å²) in [6, 6.07) is 11.2. The molecule has 0 bridgehead atoms. The number of hydrogen-bond acceptors (Lipinski definition) is 3. The maximum Gasteiger partial charge on any atom is 0.257 e. The van der Waals surface area contributed by atoms with Crippen molar-refractivity contribution in [1.82, 2.24) is 19.6 Å². The Balaban J connectivity index is 1.37. The molecule has 1 aromatic heterocycles. The quantitative estimate of drug-likeness (QED) is 0.591. The average Bonchev–Trinajstić information content (AvgIpc) is 3.23. The second-order valence-electron chi connectivity index (χ2n) is 7.23. The van der Waals surface area contributed by atoms with Crippen molar-refractivity contribution in [3.63, 3.8) is 0 Å². The smallest absolute Gasteiger partial charge is 0.257 e. The zero-order valence-corrected chi connectivity index (χ0v) is 18.0. The number of carbonyl (C=O) groups excluding carboxylic acids is 2. The maximum atomic E-state index is 13.2. The van der Waals surface area contributed by atoms with Crippen molar-refractivity contribution in [3.05, 3.63) is 87.4 Å². The molecule has 0 spiro atoms. The summed E-state index contributed by atoms with van der Waals surface area (Å²) in [4.78, 5) is 28.8. The van der Waals surface area contributed by atoms with Crippen molar-refractivity contribution in [3.8, 4) is 0 Å². The molecule has 0 radical (unpaired) electrons. The van der Waals surface area contributed by atoms with E-state index in [1.54, 1.807) is 20.7 Å². The van der Waals surface area contributed by atoms with Crippen molar-refractivity contribution >= 4 is 35.0 Å². The number of amides is 2. The first-order valence-corrected chi connectivity index (χ1v) is 10.5. The van der Waals surface area contributed by atoms with Gasteiger partial charge in [0.15, 0.2) is 0 Å². The Morgan fingerprint density at radius 3 is 2.29 bits per heavy atom. The summed E-state index contributed by atoms with van der Waals surface area (Å²) in [5, 5.41) is 4.99. The van der Waals surface area contributed by atoms with E-state index in [1.807, 2.05) is 24.3 Å². The number of hydrogen-bond donors (Lipinski definition) is 0. The molecule has 9 heteroatoms. The Morgan fingerprint density at radius 2 is 1.61 bits per heavy atom. The fourth-order valence-electron chi connectivity index (χ4n) is 3.49. The number of piperazine rings is 1. The van der Waals surface area contributed by atoms with Gasteiger partial charge in [0.25, 0.3) is 11.8 Å². The van der Waals surface area contributed by atoms with E-state index in [2.05, 4.69) is 5.10 Å². The van der Waals surface area contributed by atoms with Gasteiger partial charge in [-0.05, 0) is 29.8 Å². The van der Waals surface area contributed by atoms with E-state index in [1.165, 1.54) is 18.3 Å². The topological polar surface area (TPSA) is 58.4 Å². The summed E-state index contributed by atoms with van der Waals surface area (Å²) < 4.78 is 14.9. The van der Waals surface area contributed by atoms with E-state index >= 15 is 0 Å². The highest BCUT2D eigenvalue weighted by Gasteiger charge is 2.27. The minimum Gasteiger partial charge on any atom is -0.335 e. The van der Waals surface area contributed by atoms with E-state index < -0.39 is 5.82 Å². The molecule has 1 aliphatic rings. The molecule has 160 valence electrons. The lowest BCUT2D eigenvalue weighted by Crippen LogP contribution is -2.50. The third-order valence-corrected chi connectivity index (χ3v) is 5.87. The first-order valence-electron chi connectivity index (χ1n) is 9.72. The van der Waals surface area contributed by atoms with Gasteiger partial charge in [-0.1, -0.05) is 41.4 Å². The molecule has 2 amide bonds. The number of aromatic nitrogens is 2. The zero-order chi connectivity index (χ0) is 22.0.